The van der Waals surface area contributed by atoms with Crippen molar-refractivity contribution < 1.29 is 161 Å². The van der Waals surface area contributed by atoms with Gasteiger partial charge in [-0.1, -0.05) is 0 Å². The van der Waals surface area contributed by atoms with Gasteiger partial charge >= 0.3 is 96.0 Å². The summed E-state index contributed by atoms with van der Waals surface area (Å²) in [7, 11) is 0. The third kappa shape index (κ3) is 9.63. The molecule has 0 aliphatic heterocycles. The largest absolute Gasteiger partial charge is 0.462 e. The lowest BCUT2D eigenvalue weighted by Gasteiger charge is -2.36. The van der Waals surface area contributed by atoms with Crippen LogP contribution in [0.3, 0.4) is 0 Å². The Balaban J connectivity index is 7.98. The van der Waals surface area contributed by atoms with E-state index in [1.165, 1.54) is 0 Å². The van der Waals surface area contributed by atoms with Crippen LogP contribution in [-0.2, 0) is 38.1 Å². The maximum Gasteiger partial charge on any atom is 0.442 e. The topological polar surface area (TPSA) is 105 Å². The van der Waals surface area contributed by atoms with Gasteiger partial charge in [-0.05, 0) is 0 Å². The molecule has 0 fully saturated rings. The fourth-order valence-corrected chi connectivity index (χ4v) is 3.09. The predicted octanol–water partition coefficient (Wildman–Crippen LogP) is 7.48. The zero-order valence-electron chi connectivity index (χ0n) is 25.2. The van der Waals surface area contributed by atoms with Crippen LogP contribution < -0.4 is 0 Å². The highest BCUT2D eigenvalue weighted by Gasteiger charge is 2.82. The molecule has 0 atom stereocenters. The Morgan fingerprint density at radius 1 is 0.246 bits per heavy atom. The van der Waals surface area contributed by atoms with Gasteiger partial charge in [-0.2, -0.15) is 105 Å². The van der Waals surface area contributed by atoms with Gasteiger partial charge in [0.15, 0.2) is 0 Å². The summed E-state index contributed by atoms with van der Waals surface area (Å²) < 4.78 is 378. The van der Waals surface area contributed by atoms with Crippen LogP contribution >= 0.6 is 0 Å². The summed E-state index contributed by atoms with van der Waals surface area (Å²) in [5.41, 5.74) is -35.3. The number of halogens is 28. The highest BCUT2D eigenvalue weighted by molar-refractivity contribution is 5.84. The Morgan fingerprint density at radius 3 is 0.439 bits per heavy atom. The van der Waals surface area contributed by atoms with Gasteiger partial charge in [0, 0.05) is 0 Å². The minimum atomic E-state index is -7.70. The lowest BCUT2D eigenvalue weighted by atomic mass is 9.91. The van der Waals surface area contributed by atoms with Crippen molar-refractivity contribution in [3.8, 4) is 0 Å². The number of hydrogen-bond acceptors (Lipinski definition) is 8. The first-order valence-electron chi connectivity index (χ1n) is 12.5. The van der Waals surface area contributed by atoms with E-state index in [-0.39, 0.29) is 0 Å². The van der Waals surface area contributed by atoms with Gasteiger partial charge in [-0.25, -0.2) is 36.7 Å². The van der Waals surface area contributed by atoms with E-state index in [0.29, 0.717) is 0 Å². The van der Waals surface area contributed by atoms with Crippen LogP contribution in [0.25, 0.3) is 0 Å². The minimum Gasteiger partial charge on any atom is -0.462 e. The molecule has 0 rings (SSSR count). The number of carbonyl (C=O) groups is 4. The number of esters is 4. The molecule has 336 valence electrons. The van der Waals surface area contributed by atoms with E-state index in [9.17, 15) is 142 Å². The van der Waals surface area contributed by atoms with Crippen molar-refractivity contribution in [2.75, 3.05) is 26.4 Å². The van der Waals surface area contributed by atoms with Crippen molar-refractivity contribution in [3.63, 3.8) is 0 Å². The third-order valence-corrected chi connectivity index (χ3v) is 6.29. The molecule has 0 aliphatic carbocycles. The Labute approximate surface area is 290 Å². The highest BCUT2D eigenvalue weighted by atomic mass is 19.5. The van der Waals surface area contributed by atoms with Crippen LogP contribution in [0.2, 0.25) is 0 Å². The zero-order chi connectivity index (χ0) is 46.5. The summed E-state index contributed by atoms with van der Waals surface area (Å²) in [6, 6.07) is 0. The summed E-state index contributed by atoms with van der Waals surface area (Å²) in [6.45, 7) is -14.5. The third-order valence-electron chi connectivity index (χ3n) is 6.29. The highest BCUT2D eigenvalue weighted by Crippen LogP contribution is 2.51. The molecule has 0 aliphatic rings. The molecule has 0 aromatic carbocycles. The van der Waals surface area contributed by atoms with E-state index >= 15 is 0 Å². The maximum absolute atomic E-state index is 14.1. The van der Waals surface area contributed by atoms with Crippen molar-refractivity contribution in [2.24, 2.45) is 5.41 Å². The standard InChI is InChI=1S/C21H8F28O8/c22-10(14(26,27)28,15(29,30)31)5(50)54-1-9(2-55-6(51)11(23,16(32,33)34)17(35,36)37,3-56-7(52)12(24,18(38,39)40)19(41,42)43)4-57-8(53)13(25,20(44,45)46)21(47,48)49/h1-4H2. The smallest absolute Gasteiger partial charge is 0.442 e. The second-order valence-electron chi connectivity index (χ2n) is 10.4. The molecule has 0 N–H and O–H groups in total. The quantitative estimate of drug-likeness (QED) is 0.113. The molecule has 0 saturated heterocycles. The van der Waals surface area contributed by atoms with Crippen molar-refractivity contribution in [1.29, 1.82) is 0 Å². The number of carbonyl (C=O) groups excluding carboxylic acids is 4. The minimum absolute atomic E-state index is 2.94. The Morgan fingerprint density at radius 2 is 0.351 bits per heavy atom. The van der Waals surface area contributed by atoms with Crippen LogP contribution in [0.5, 0.6) is 0 Å². The van der Waals surface area contributed by atoms with Gasteiger partial charge in [0.1, 0.15) is 31.8 Å². The van der Waals surface area contributed by atoms with E-state index in [1.54, 1.807) is 0 Å². The summed E-state index contributed by atoms with van der Waals surface area (Å²) in [5.74, 6) is -18.7. The van der Waals surface area contributed by atoms with Gasteiger partial charge in [-0.15, -0.1) is 0 Å². The molecular weight excluding hydrogens is 912 g/mol. The van der Waals surface area contributed by atoms with E-state index in [1.807, 2.05) is 0 Å². The lowest BCUT2D eigenvalue weighted by molar-refractivity contribution is -0.333. The molecule has 0 unspecified atom stereocenters. The summed E-state index contributed by atoms with van der Waals surface area (Å²) in [5, 5.41) is 0. The SMILES string of the molecule is O=C(OCC(COC(=O)C(F)(C(F)(F)F)C(F)(F)F)(COC(=O)C(F)(C(F)(F)F)C(F)(F)F)COC(=O)C(F)(C(F)(F)F)C(F)(F)F)C(F)(C(F)(F)F)C(F)(F)F. The Kier molecular flexibility index (Phi) is 14.2. The van der Waals surface area contributed by atoms with Gasteiger partial charge in [0.05, 0.1) is 0 Å². The lowest BCUT2D eigenvalue weighted by Crippen LogP contribution is -2.62. The molecule has 36 heteroatoms. The molecule has 0 aromatic rings. The molecule has 0 spiro atoms. The molecule has 8 nitrogen and oxygen atoms in total. The monoisotopic (exact) mass is 920 g/mol. The summed E-state index contributed by atoms with van der Waals surface area (Å²) in [6.07, 6.45) is -61.6. The van der Waals surface area contributed by atoms with Gasteiger partial charge in [0.2, 0.25) is 0 Å². The maximum atomic E-state index is 14.1. The van der Waals surface area contributed by atoms with Crippen molar-refractivity contribution in [3.05, 3.63) is 0 Å². The Hall–Kier alpha value is -4.08. The van der Waals surface area contributed by atoms with Crippen molar-refractivity contribution in [1.82, 2.24) is 0 Å². The molecule has 0 aromatic heterocycles. The summed E-state index contributed by atoms with van der Waals surface area (Å²) in [4.78, 5) is 46.6. The molecule has 0 bridgehead atoms. The van der Waals surface area contributed by atoms with Crippen LogP contribution in [0, 0.1) is 5.41 Å². The van der Waals surface area contributed by atoms with Crippen molar-refractivity contribution >= 4 is 23.9 Å². The molecule has 0 amide bonds. The summed E-state index contributed by atoms with van der Waals surface area (Å²) >= 11 is 0. The van der Waals surface area contributed by atoms with Gasteiger partial charge < -0.3 is 18.9 Å². The van der Waals surface area contributed by atoms with E-state index in [0.717, 1.165) is 0 Å². The first-order chi connectivity index (χ1) is 24.5. The van der Waals surface area contributed by atoms with Crippen LogP contribution in [0.15, 0.2) is 0 Å². The number of alkyl halides is 28. The fourth-order valence-electron chi connectivity index (χ4n) is 3.09. The average molecular weight is 920 g/mol. The molecule has 0 saturated carbocycles. The Bertz CT molecular complexity index is 1190. The first kappa shape index (κ1) is 52.9. The second kappa shape index (κ2) is 15.3. The van der Waals surface area contributed by atoms with Crippen LogP contribution in [-0.4, -0.2) is 122 Å². The second-order valence-corrected chi connectivity index (χ2v) is 10.4. The average Bonchev–Trinajstić information content (AvgIpc) is 2.96. The van der Waals surface area contributed by atoms with Crippen molar-refractivity contribution in [2.45, 2.75) is 72.1 Å². The molecule has 57 heavy (non-hydrogen) atoms. The van der Waals surface area contributed by atoms with E-state index in [4.69, 9.17) is 0 Å². The fraction of sp³-hybridized carbons (Fsp3) is 0.810. The van der Waals surface area contributed by atoms with E-state index in [2.05, 4.69) is 18.9 Å². The van der Waals surface area contributed by atoms with Gasteiger partial charge in [0.25, 0.3) is 0 Å². The van der Waals surface area contributed by atoms with Gasteiger partial charge in [-0.3, -0.25) is 0 Å². The molecule has 0 radical (unpaired) electrons. The normalized spacial score (nSPS) is 15.2. The molecule has 0 heterocycles. The number of hydrogen-bond donors (Lipinski definition) is 0. The first-order valence-corrected chi connectivity index (χ1v) is 12.5. The number of ether oxygens (including phenoxy) is 4. The number of rotatable bonds is 12. The zero-order valence-corrected chi connectivity index (χ0v) is 25.2. The predicted molar refractivity (Wildman–Crippen MR) is 110 cm³/mol. The van der Waals surface area contributed by atoms with Crippen LogP contribution in [0.1, 0.15) is 0 Å². The molecular formula is C21H8F28O8. The van der Waals surface area contributed by atoms with E-state index < -0.39 is 128 Å². The van der Waals surface area contributed by atoms with Crippen LogP contribution in [0.4, 0.5) is 123 Å².